The SMILES string of the molecule is CNCc1c(-c2ccc3c(c2)CCCO3)ncn1C. The van der Waals surface area contributed by atoms with Crippen molar-refractivity contribution in [2.75, 3.05) is 13.7 Å². The molecule has 0 saturated heterocycles. The van der Waals surface area contributed by atoms with E-state index >= 15 is 0 Å². The molecule has 0 amide bonds. The molecule has 3 rings (SSSR count). The minimum Gasteiger partial charge on any atom is -0.493 e. The van der Waals surface area contributed by atoms with Crippen molar-refractivity contribution in [3.05, 3.63) is 35.8 Å². The summed E-state index contributed by atoms with van der Waals surface area (Å²) < 4.78 is 7.73. The van der Waals surface area contributed by atoms with Gasteiger partial charge in [-0.3, -0.25) is 0 Å². The van der Waals surface area contributed by atoms with Gasteiger partial charge in [0.25, 0.3) is 0 Å². The van der Waals surface area contributed by atoms with Gasteiger partial charge in [-0.05, 0) is 43.7 Å². The lowest BCUT2D eigenvalue weighted by atomic mass is 10.0. The van der Waals surface area contributed by atoms with Crippen LogP contribution in [0.15, 0.2) is 24.5 Å². The molecule has 0 spiro atoms. The summed E-state index contributed by atoms with van der Waals surface area (Å²) in [4.78, 5) is 4.54. The van der Waals surface area contributed by atoms with Gasteiger partial charge in [0.15, 0.2) is 0 Å². The maximum atomic E-state index is 5.66. The Morgan fingerprint density at radius 2 is 2.32 bits per heavy atom. The second-order valence-electron chi connectivity index (χ2n) is 4.96. The van der Waals surface area contributed by atoms with Gasteiger partial charge < -0.3 is 14.6 Å². The van der Waals surface area contributed by atoms with Crippen LogP contribution in [0.2, 0.25) is 0 Å². The molecule has 0 atom stereocenters. The summed E-state index contributed by atoms with van der Waals surface area (Å²) in [5.41, 5.74) is 4.74. The van der Waals surface area contributed by atoms with Crippen LogP contribution in [0.1, 0.15) is 17.7 Å². The highest BCUT2D eigenvalue weighted by molar-refractivity contribution is 5.64. The Bertz CT molecular complexity index is 589. The number of nitrogens with one attached hydrogen (secondary N) is 1. The molecule has 0 saturated carbocycles. The molecule has 0 aliphatic carbocycles. The van der Waals surface area contributed by atoms with E-state index in [0.29, 0.717) is 0 Å². The summed E-state index contributed by atoms with van der Waals surface area (Å²) in [6.45, 7) is 1.65. The van der Waals surface area contributed by atoms with E-state index in [1.807, 2.05) is 20.4 Å². The first-order valence-electron chi connectivity index (χ1n) is 6.70. The smallest absolute Gasteiger partial charge is 0.122 e. The van der Waals surface area contributed by atoms with E-state index in [1.165, 1.54) is 16.8 Å². The monoisotopic (exact) mass is 257 g/mol. The van der Waals surface area contributed by atoms with Crippen molar-refractivity contribution in [2.24, 2.45) is 7.05 Å². The van der Waals surface area contributed by atoms with Gasteiger partial charge in [-0.2, -0.15) is 0 Å². The average Bonchev–Trinajstić information content (AvgIpc) is 2.80. The van der Waals surface area contributed by atoms with Crippen molar-refractivity contribution in [1.29, 1.82) is 0 Å². The molecule has 0 radical (unpaired) electrons. The third-order valence-electron chi connectivity index (χ3n) is 3.59. The minimum atomic E-state index is 0.819. The largest absolute Gasteiger partial charge is 0.493 e. The van der Waals surface area contributed by atoms with Crippen molar-refractivity contribution < 1.29 is 4.74 Å². The summed E-state index contributed by atoms with van der Waals surface area (Å²) in [5.74, 6) is 1.03. The van der Waals surface area contributed by atoms with Crippen molar-refractivity contribution in [3.63, 3.8) is 0 Å². The standard InChI is InChI=1S/C15H19N3O/c1-16-9-13-15(17-10-18(13)2)12-5-6-14-11(8-12)4-3-7-19-14/h5-6,8,10,16H,3-4,7,9H2,1-2H3. The van der Waals surface area contributed by atoms with E-state index in [9.17, 15) is 0 Å². The normalized spacial score (nSPS) is 14.0. The van der Waals surface area contributed by atoms with Crippen molar-refractivity contribution >= 4 is 0 Å². The van der Waals surface area contributed by atoms with Crippen LogP contribution < -0.4 is 10.1 Å². The number of benzene rings is 1. The zero-order chi connectivity index (χ0) is 13.2. The maximum absolute atomic E-state index is 5.66. The van der Waals surface area contributed by atoms with Crippen LogP contribution in [0.3, 0.4) is 0 Å². The Kier molecular flexibility index (Phi) is 3.25. The number of aromatic nitrogens is 2. The number of hydrogen-bond donors (Lipinski definition) is 1. The number of rotatable bonds is 3. The molecule has 1 aromatic carbocycles. The predicted molar refractivity (Wildman–Crippen MR) is 75.2 cm³/mol. The molecule has 0 fully saturated rings. The first-order valence-corrected chi connectivity index (χ1v) is 6.70. The van der Waals surface area contributed by atoms with Gasteiger partial charge in [0, 0.05) is 19.2 Å². The molecule has 1 N–H and O–H groups in total. The molecule has 19 heavy (non-hydrogen) atoms. The molecular weight excluding hydrogens is 238 g/mol. The van der Waals surface area contributed by atoms with Crippen LogP contribution in [0, 0.1) is 0 Å². The predicted octanol–water partition coefficient (Wildman–Crippen LogP) is 2.13. The summed E-state index contributed by atoms with van der Waals surface area (Å²) >= 11 is 0. The first-order chi connectivity index (χ1) is 9.29. The van der Waals surface area contributed by atoms with Crippen LogP contribution in [0.4, 0.5) is 0 Å². The number of fused-ring (bicyclic) bond motifs is 1. The highest BCUT2D eigenvalue weighted by Crippen LogP contribution is 2.30. The average molecular weight is 257 g/mol. The fourth-order valence-corrected chi connectivity index (χ4v) is 2.58. The van der Waals surface area contributed by atoms with E-state index < -0.39 is 0 Å². The van der Waals surface area contributed by atoms with Gasteiger partial charge in [0.05, 0.1) is 24.3 Å². The molecule has 0 bridgehead atoms. The molecule has 4 heteroatoms. The van der Waals surface area contributed by atoms with E-state index in [-0.39, 0.29) is 0 Å². The Morgan fingerprint density at radius 1 is 1.42 bits per heavy atom. The van der Waals surface area contributed by atoms with Crippen molar-refractivity contribution in [1.82, 2.24) is 14.9 Å². The lowest BCUT2D eigenvalue weighted by Crippen LogP contribution is -2.10. The second-order valence-corrected chi connectivity index (χ2v) is 4.96. The molecule has 2 aromatic rings. The van der Waals surface area contributed by atoms with Gasteiger partial charge in [0.2, 0.25) is 0 Å². The van der Waals surface area contributed by atoms with E-state index in [0.717, 1.165) is 37.4 Å². The van der Waals surface area contributed by atoms with Gasteiger partial charge in [0.1, 0.15) is 5.75 Å². The zero-order valence-corrected chi connectivity index (χ0v) is 11.4. The van der Waals surface area contributed by atoms with Crippen molar-refractivity contribution in [2.45, 2.75) is 19.4 Å². The Labute approximate surface area is 113 Å². The van der Waals surface area contributed by atoms with Crippen LogP contribution in [-0.2, 0) is 20.0 Å². The molecule has 4 nitrogen and oxygen atoms in total. The molecular formula is C15H19N3O. The number of hydrogen-bond acceptors (Lipinski definition) is 3. The summed E-state index contributed by atoms with van der Waals surface area (Å²) in [6.07, 6.45) is 4.07. The van der Waals surface area contributed by atoms with E-state index in [4.69, 9.17) is 4.74 Å². The lowest BCUT2D eigenvalue weighted by molar-refractivity contribution is 0.288. The van der Waals surface area contributed by atoms with Crippen molar-refractivity contribution in [3.8, 4) is 17.0 Å². The van der Waals surface area contributed by atoms with Gasteiger partial charge in [-0.1, -0.05) is 0 Å². The fraction of sp³-hybridized carbons (Fsp3) is 0.400. The third-order valence-corrected chi connectivity index (χ3v) is 3.59. The molecule has 100 valence electrons. The Morgan fingerprint density at radius 3 is 3.16 bits per heavy atom. The topological polar surface area (TPSA) is 39.1 Å². The highest BCUT2D eigenvalue weighted by atomic mass is 16.5. The molecule has 1 aliphatic heterocycles. The second kappa shape index (κ2) is 5.05. The zero-order valence-electron chi connectivity index (χ0n) is 11.4. The molecule has 0 unspecified atom stereocenters. The third kappa shape index (κ3) is 2.24. The van der Waals surface area contributed by atoms with Gasteiger partial charge >= 0.3 is 0 Å². The highest BCUT2D eigenvalue weighted by Gasteiger charge is 2.15. The maximum Gasteiger partial charge on any atom is 0.122 e. The molecule has 1 aliphatic rings. The van der Waals surface area contributed by atoms with Gasteiger partial charge in [-0.25, -0.2) is 4.98 Å². The van der Waals surface area contributed by atoms with Crippen LogP contribution in [-0.4, -0.2) is 23.2 Å². The quantitative estimate of drug-likeness (QED) is 0.915. The Hall–Kier alpha value is -1.81. The summed E-state index contributed by atoms with van der Waals surface area (Å²) in [7, 11) is 3.99. The fourth-order valence-electron chi connectivity index (χ4n) is 2.58. The lowest BCUT2D eigenvalue weighted by Gasteiger charge is -2.17. The molecule has 1 aromatic heterocycles. The van der Waals surface area contributed by atoms with Crippen LogP contribution >= 0.6 is 0 Å². The van der Waals surface area contributed by atoms with Gasteiger partial charge in [-0.15, -0.1) is 0 Å². The minimum absolute atomic E-state index is 0.819. The van der Waals surface area contributed by atoms with E-state index in [1.54, 1.807) is 0 Å². The van der Waals surface area contributed by atoms with E-state index in [2.05, 4.69) is 33.1 Å². The first kappa shape index (κ1) is 12.2. The van der Waals surface area contributed by atoms with Crippen LogP contribution in [0.25, 0.3) is 11.3 Å². The Balaban J connectivity index is 2.02. The molecule has 2 heterocycles. The number of aryl methyl sites for hydroxylation is 2. The number of ether oxygens (including phenoxy) is 1. The summed E-state index contributed by atoms with van der Waals surface area (Å²) in [6, 6.07) is 6.39. The number of nitrogens with zero attached hydrogens (tertiary/aromatic N) is 2. The number of imidazole rings is 1. The van der Waals surface area contributed by atoms with Crippen LogP contribution in [0.5, 0.6) is 5.75 Å². The summed E-state index contributed by atoms with van der Waals surface area (Å²) in [5, 5.41) is 3.20.